The van der Waals surface area contributed by atoms with Crippen LogP contribution in [-0.4, -0.2) is 39.7 Å². The number of alkyl halides is 1. The van der Waals surface area contributed by atoms with Gasteiger partial charge in [-0.1, -0.05) is 22.6 Å². The Morgan fingerprint density at radius 2 is 2.18 bits per heavy atom. The van der Waals surface area contributed by atoms with Crippen LogP contribution < -0.4 is 0 Å². The Balaban J connectivity index is 2.43. The summed E-state index contributed by atoms with van der Waals surface area (Å²) in [6, 6.07) is 0.629. The van der Waals surface area contributed by atoms with E-state index in [0.29, 0.717) is 22.5 Å². The number of nitrogens with zero attached hydrogens (tertiary/aromatic N) is 1. The molecule has 0 aliphatic carbocycles. The normalized spacial score (nSPS) is 33.5. The molecule has 3 heteroatoms. The fraction of sp³-hybridized carbons (Fsp3) is 1.00. The molecule has 1 aliphatic rings. The Labute approximate surface area is 82.1 Å². The van der Waals surface area contributed by atoms with E-state index in [-0.39, 0.29) is 0 Å². The smallest absolute Gasteiger partial charge is 0.0482 e. The average molecular weight is 269 g/mol. The van der Waals surface area contributed by atoms with Crippen LogP contribution in [-0.2, 0) is 0 Å². The first-order chi connectivity index (χ1) is 5.15. The Hall–Kier alpha value is 0.650. The summed E-state index contributed by atoms with van der Waals surface area (Å²) in [5.74, 6) is 0.498. The third-order valence-electron chi connectivity index (χ3n) is 2.35. The standard InChI is InChI=1S/C8H16INO/c1-6(2)10-3-7(5-11)8(9)4-10/h6-8,11H,3-5H2,1-2H3. The van der Waals surface area contributed by atoms with Gasteiger partial charge in [-0.15, -0.1) is 0 Å². The molecule has 0 spiro atoms. The van der Waals surface area contributed by atoms with Crippen molar-refractivity contribution in [3.63, 3.8) is 0 Å². The fourth-order valence-corrected chi connectivity index (χ4v) is 2.42. The van der Waals surface area contributed by atoms with Gasteiger partial charge < -0.3 is 5.11 Å². The molecule has 0 aromatic heterocycles. The maximum atomic E-state index is 9.00. The Kier molecular flexibility index (Phi) is 3.58. The molecular formula is C8H16INO. The molecule has 0 radical (unpaired) electrons. The molecule has 1 fully saturated rings. The van der Waals surface area contributed by atoms with Crippen LogP contribution in [0.2, 0.25) is 0 Å². The second kappa shape index (κ2) is 4.05. The third-order valence-corrected chi connectivity index (χ3v) is 3.77. The van der Waals surface area contributed by atoms with Crippen molar-refractivity contribution < 1.29 is 5.11 Å². The van der Waals surface area contributed by atoms with Crippen LogP contribution in [0.4, 0.5) is 0 Å². The Morgan fingerprint density at radius 3 is 2.45 bits per heavy atom. The number of rotatable bonds is 2. The van der Waals surface area contributed by atoms with Crippen molar-refractivity contribution in [1.82, 2.24) is 4.90 Å². The second-order valence-electron chi connectivity index (χ2n) is 3.51. The highest BCUT2D eigenvalue weighted by Gasteiger charge is 2.31. The van der Waals surface area contributed by atoms with Crippen LogP contribution in [0.25, 0.3) is 0 Å². The van der Waals surface area contributed by atoms with Crippen molar-refractivity contribution in [3.8, 4) is 0 Å². The molecule has 66 valence electrons. The van der Waals surface area contributed by atoms with Gasteiger partial charge in [0.25, 0.3) is 0 Å². The lowest BCUT2D eigenvalue weighted by molar-refractivity contribution is 0.210. The molecule has 0 saturated carbocycles. The van der Waals surface area contributed by atoms with Crippen LogP contribution in [0.3, 0.4) is 0 Å². The number of hydrogen-bond donors (Lipinski definition) is 1. The maximum absolute atomic E-state index is 9.00. The van der Waals surface area contributed by atoms with E-state index < -0.39 is 0 Å². The van der Waals surface area contributed by atoms with Gasteiger partial charge in [-0.2, -0.15) is 0 Å². The number of hydrogen-bond acceptors (Lipinski definition) is 2. The van der Waals surface area contributed by atoms with E-state index in [0.717, 1.165) is 13.1 Å². The van der Waals surface area contributed by atoms with Gasteiger partial charge in [0, 0.05) is 35.6 Å². The molecule has 0 amide bonds. The van der Waals surface area contributed by atoms with E-state index in [1.54, 1.807) is 0 Å². The molecule has 2 unspecified atom stereocenters. The lowest BCUT2D eigenvalue weighted by atomic mass is 10.1. The van der Waals surface area contributed by atoms with Gasteiger partial charge in [0.15, 0.2) is 0 Å². The third kappa shape index (κ3) is 2.29. The summed E-state index contributed by atoms with van der Waals surface area (Å²) in [7, 11) is 0. The zero-order valence-corrected chi connectivity index (χ0v) is 9.28. The van der Waals surface area contributed by atoms with Gasteiger partial charge in [-0.3, -0.25) is 4.90 Å². The van der Waals surface area contributed by atoms with E-state index in [4.69, 9.17) is 5.11 Å². The summed E-state index contributed by atoms with van der Waals surface area (Å²) in [5.41, 5.74) is 0. The molecule has 0 aromatic carbocycles. The highest BCUT2D eigenvalue weighted by molar-refractivity contribution is 14.1. The van der Waals surface area contributed by atoms with E-state index in [2.05, 4.69) is 41.3 Å². The van der Waals surface area contributed by atoms with Gasteiger partial charge in [0.1, 0.15) is 0 Å². The molecule has 0 aromatic rings. The minimum Gasteiger partial charge on any atom is -0.396 e. The molecule has 1 N–H and O–H groups in total. The van der Waals surface area contributed by atoms with Gasteiger partial charge >= 0.3 is 0 Å². The lowest BCUT2D eigenvalue weighted by Gasteiger charge is -2.19. The molecule has 2 nitrogen and oxygen atoms in total. The van der Waals surface area contributed by atoms with Gasteiger partial charge in [-0.05, 0) is 13.8 Å². The summed E-state index contributed by atoms with van der Waals surface area (Å²) in [4.78, 5) is 2.43. The summed E-state index contributed by atoms with van der Waals surface area (Å²) in [6.45, 7) is 6.98. The van der Waals surface area contributed by atoms with Crippen molar-refractivity contribution >= 4 is 22.6 Å². The summed E-state index contributed by atoms with van der Waals surface area (Å²) in [5, 5.41) is 9.00. The van der Waals surface area contributed by atoms with Crippen LogP contribution in [0.1, 0.15) is 13.8 Å². The SMILES string of the molecule is CC(C)N1CC(I)C(CO)C1. The van der Waals surface area contributed by atoms with Crippen molar-refractivity contribution in [1.29, 1.82) is 0 Å². The molecule has 2 atom stereocenters. The fourth-order valence-electron chi connectivity index (χ4n) is 1.46. The van der Waals surface area contributed by atoms with E-state index in [1.807, 2.05) is 0 Å². The van der Waals surface area contributed by atoms with Crippen LogP contribution in [0.15, 0.2) is 0 Å². The number of aliphatic hydroxyl groups is 1. The van der Waals surface area contributed by atoms with Crippen molar-refractivity contribution in [3.05, 3.63) is 0 Å². The second-order valence-corrected chi connectivity index (χ2v) is 5.11. The first-order valence-electron chi connectivity index (χ1n) is 4.14. The van der Waals surface area contributed by atoms with Crippen LogP contribution in [0, 0.1) is 5.92 Å². The van der Waals surface area contributed by atoms with Gasteiger partial charge in [0.2, 0.25) is 0 Å². The summed E-state index contributed by atoms with van der Waals surface area (Å²) < 4.78 is 0.639. The molecule has 11 heavy (non-hydrogen) atoms. The quantitative estimate of drug-likeness (QED) is 0.600. The number of aliphatic hydroxyl groups excluding tert-OH is 1. The highest BCUT2D eigenvalue weighted by atomic mass is 127. The largest absolute Gasteiger partial charge is 0.396 e. The van der Waals surface area contributed by atoms with Crippen LogP contribution in [0.5, 0.6) is 0 Å². The highest BCUT2D eigenvalue weighted by Crippen LogP contribution is 2.24. The minimum atomic E-state index is 0.344. The molecular weight excluding hydrogens is 253 g/mol. The summed E-state index contributed by atoms with van der Waals surface area (Å²) >= 11 is 2.44. The van der Waals surface area contributed by atoms with Crippen molar-refractivity contribution in [2.45, 2.75) is 23.8 Å². The zero-order chi connectivity index (χ0) is 8.43. The number of halogens is 1. The molecule has 1 rings (SSSR count). The molecule has 1 heterocycles. The zero-order valence-electron chi connectivity index (χ0n) is 7.13. The minimum absolute atomic E-state index is 0.344. The van der Waals surface area contributed by atoms with Gasteiger partial charge in [0.05, 0.1) is 0 Å². The molecule has 1 aliphatic heterocycles. The monoisotopic (exact) mass is 269 g/mol. The Bertz CT molecular complexity index is 129. The first-order valence-corrected chi connectivity index (χ1v) is 5.38. The topological polar surface area (TPSA) is 23.5 Å². The molecule has 0 bridgehead atoms. The van der Waals surface area contributed by atoms with Gasteiger partial charge in [-0.25, -0.2) is 0 Å². The van der Waals surface area contributed by atoms with Crippen LogP contribution >= 0.6 is 22.6 Å². The predicted octanol–water partition coefficient (Wildman–Crippen LogP) is 1.12. The summed E-state index contributed by atoms with van der Waals surface area (Å²) in [6.07, 6.45) is 0. The first kappa shape index (κ1) is 9.74. The lowest BCUT2D eigenvalue weighted by Crippen LogP contribution is -2.28. The van der Waals surface area contributed by atoms with Crippen molar-refractivity contribution in [2.24, 2.45) is 5.92 Å². The van der Waals surface area contributed by atoms with E-state index >= 15 is 0 Å². The maximum Gasteiger partial charge on any atom is 0.0482 e. The van der Waals surface area contributed by atoms with Crippen molar-refractivity contribution in [2.75, 3.05) is 19.7 Å². The van der Waals surface area contributed by atoms with E-state index in [9.17, 15) is 0 Å². The number of likely N-dealkylation sites (tertiary alicyclic amines) is 1. The average Bonchev–Trinajstić information content (AvgIpc) is 2.31. The predicted molar refractivity (Wildman–Crippen MR) is 55.1 cm³/mol. The Morgan fingerprint density at radius 1 is 1.55 bits per heavy atom. The molecule has 1 saturated heterocycles. The van der Waals surface area contributed by atoms with E-state index in [1.165, 1.54) is 0 Å².